The van der Waals surface area contributed by atoms with Gasteiger partial charge in [-0.15, -0.1) is 11.3 Å². The zero-order valence-electron chi connectivity index (χ0n) is 27.0. The zero-order chi connectivity index (χ0) is 33.0. The molecule has 0 saturated carbocycles. The first-order valence-corrected chi connectivity index (χ1v) is 17.7. The van der Waals surface area contributed by atoms with Crippen LogP contribution >= 0.6 is 11.3 Å². The maximum absolute atomic E-state index is 5.11. The number of aliphatic imine (C=N–C) groups is 2. The molecular weight excluding hydrogens is 629 g/mol. The van der Waals surface area contributed by atoms with Gasteiger partial charge in [-0.3, -0.25) is 0 Å². The highest BCUT2D eigenvalue weighted by molar-refractivity contribution is 7.25. The molecule has 9 aromatic rings. The minimum absolute atomic E-state index is 0.247. The van der Waals surface area contributed by atoms with Crippen LogP contribution in [0.4, 0.5) is 0 Å². The monoisotopic (exact) mass is 658 g/mol. The number of nitrogens with one attached hydrogen (secondary N) is 1. The largest absolute Gasteiger partial charge is 0.344 e. The second-order valence-electron chi connectivity index (χ2n) is 12.7. The van der Waals surface area contributed by atoms with E-state index in [1.54, 1.807) is 0 Å². The number of thiophene rings is 1. The normalized spacial score (nSPS) is 14.6. The second-order valence-corrected chi connectivity index (χ2v) is 13.7. The Hall–Kier alpha value is -6.30. The molecule has 0 fully saturated rings. The first-order valence-electron chi connectivity index (χ1n) is 16.9. The van der Waals surface area contributed by atoms with Gasteiger partial charge in [-0.05, 0) is 65.2 Å². The van der Waals surface area contributed by atoms with Crippen LogP contribution in [0.25, 0.3) is 58.8 Å². The molecule has 1 aliphatic heterocycles. The SMILES string of the molecule is c1ccc(C2=NC(c3ccccc3)NC(c3ccc4sc5cccc(-n6c7ccccc7c7cc(-c8ccccc8)ccc76)c5c4c3)=N2)cc1. The topological polar surface area (TPSA) is 41.7 Å². The average molecular weight is 659 g/mol. The van der Waals surface area contributed by atoms with E-state index < -0.39 is 0 Å². The van der Waals surface area contributed by atoms with E-state index in [1.165, 1.54) is 58.8 Å². The molecule has 50 heavy (non-hydrogen) atoms. The number of amidine groups is 2. The van der Waals surface area contributed by atoms with Crippen molar-refractivity contribution >= 4 is 65.0 Å². The van der Waals surface area contributed by atoms with Crippen molar-refractivity contribution in [2.75, 3.05) is 0 Å². The molecule has 10 rings (SSSR count). The summed E-state index contributed by atoms with van der Waals surface area (Å²) in [4.78, 5) is 10.2. The molecule has 0 spiro atoms. The van der Waals surface area contributed by atoms with Gasteiger partial charge in [0, 0.05) is 42.1 Å². The number of para-hydroxylation sites is 1. The lowest BCUT2D eigenvalue weighted by molar-refractivity contribution is 0.674. The molecular formula is C45H30N4S. The molecule has 1 aliphatic rings. The van der Waals surface area contributed by atoms with Gasteiger partial charge in [0.15, 0.2) is 5.84 Å². The van der Waals surface area contributed by atoms with E-state index in [0.717, 1.165) is 28.4 Å². The third-order valence-electron chi connectivity index (χ3n) is 9.66. The van der Waals surface area contributed by atoms with Crippen molar-refractivity contribution in [1.29, 1.82) is 0 Å². The van der Waals surface area contributed by atoms with Crippen molar-refractivity contribution in [3.63, 3.8) is 0 Å². The summed E-state index contributed by atoms with van der Waals surface area (Å²) in [5, 5.41) is 8.62. The predicted octanol–water partition coefficient (Wildman–Crippen LogP) is 11.3. The van der Waals surface area contributed by atoms with E-state index in [1.807, 2.05) is 35.6 Å². The molecule has 0 saturated heterocycles. The highest BCUT2D eigenvalue weighted by Crippen LogP contribution is 2.42. The Morgan fingerprint density at radius 2 is 1.18 bits per heavy atom. The Morgan fingerprint density at radius 1 is 0.500 bits per heavy atom. The number of rotatable bonds is 5. The summed E-state index contributed by atoms with van der Waals surface area (Å²) in [6.45, 7) is 0. The van der Waals surface area contributed by atoms with Gasteiger partial charge in [0.2, 0.25) is 0 Å². The number of nitrogens with zero attached hydrogens (tertiary/aromatic N) is 3. The van der Waals surface area contributed by atoms with Crippen LogP contribution in [-0.4, -0.2) is 16.2 Å². The van der Waals surface area contributed by atoms with Crippen LogP contribution in [0.15, 0.2) is 180 Å². The van der Waals surface area contributed by atoms with E-state index in [4.69, 9.17) is 9.98 Å². The summed E-state index contributed by atoms with van der Waals surface area (Å²) in [5.74, 6) is 1.54. The van der Waals surface area contributed by atoms with Crippen LogP contribution in [0.1, 0.15) is 22.9 Å². The Morgan fingerprint density at radius 3 is 2.00 bits per heavy atom. The predicted molar refractivity (Wildman–Crippen MR) is 211 cm³/mol. The van der Waals surface area contributed by atoms with Gasteiger partial charge in [-0.1, -0.05) is 121 Å². The fourth-order valence-corrected chi connectivity index (χ4v) is 8.41. The first-order chi connectivity index (χ1) is 24.8. The zero-order valence-corrected chi connectivity index (χ0v) is 27.8. The van der Waals surface area contributed by atoms with E-state index in [2.05, 4.69) is 155 Å². The maximum Gasteiger partial charge on any atom is 0.159 e. The minimum Gasteiger partial charge on any atom is -0.344 e. The summed E-state index contributed by atoms with van der Waals surface area (Å²) in [7, 11) is 0. The molecule has 0 amide bonds. The van der Waals surface area contributed by atoms with Gasteiger partial charge in [0.25, 0.3) is 0 Å². The molecule has 0 aliphatic carbocycles. The fourth-order valence-electron chi connectivity index (χ4n) is 7.30. The molecule has 4 nitrogen and oxygen atoms in total. The number of aromatic nitrogens is 1. The molecule has 2 aromatic heterocycles. The van der Waals surface area contributed by atoms with Crippen LogP contribution in [0.3, 0.4) is 0 Å². The van der Waals surface area contributed by atoms with Gasteiger partial charge in [0.1, 0.15) is 12.0 Å². The van der Waals surface area contributed by atoms with E-state index in [9.17, 15) is 0 Å². The van der Waals surface area contributed by atoms with Gasteiger partial charge >= 0.3 is 0 Å². The summed E-state index contributed by atoms with van der Waals surface area (Å²) in [6.07, 6.45) is -0.247. The Kier molecular flexibility index (Phi) is 6.71. The Balaban J connectivity index is 1.16. The second kappa shape index (κ2) is 11.7. The van der Waals surface area contributed by atoms with Crippen LogP contribution in [0.2, 0.25) is 0 Å². The Labute approximate surface area is 293 Å². The quantitative estimate of drug-likeness (QED) is 0.196. The third-order valence-corrected chi connectivity index (χ3v) is 10.8. The molecule has 5 heteroatoms. The van der Waals surface area contributed by atoms with Crippen molar-refractivity contribution in [2.24, 2.45) is 9.98 Å². The molecule has 7 aromatic carbocycles. The van der Waals surface area contributed by atoms with Crippen molar-refractivity contribution in [2.45, 2.75) is 6.17 Å². The van der Waals surface area contributed by atoms with Gasteiger partial charge < -0.3 is 9.88 Å². The van der Waals surface area contributed by atoms with Crippen molar-refractivity contribution in [1.82, 2.24) is 9.88 Å². The van der Waals surface area contributed by atoms with E-state index in [0.29, 0.717) is 0 Å². The van der Waals surface area contributed by atoms with E-state index in [-0.39, 0.29) is 6.17 Å². The molecule has 1 unspecified atom stereocenters. The van der Waals surface area contributed by atoms with Crippen LogP contribution in [0.5, 0.6) is 0 Å². The molecule has 0 bridgehead atoms. The molecule has 1 atom stereocenters. The lowest BCUT2D eigenvalue weighted by Crippen LogP contribution is -2.33. The van der Waals surface area contributed by atoms with Crippen molar-refractivity contribution < 1.29 is 0 Å². The number of benzene rings is 7. The van der Waals surface area contributed by atoms with Crippen LogP contribution < -0.4 is 5.32 Å². The smallest absolute Gasteiger partial charge is 0.159 e. The fraction of sp³-hybridized carbons (Fsp3) is 0.0222. The third kappa shape index (κ3) is 4.74. The first kappa shape index (κ1) is 28.7. The molecule has 3 heterocycles. The summed E-state index contributed by atoms with van der Waals surface area (Å²) >= 11 is 1.84. The number of fused-ring (bicyclic) bond motifs is 6. The summed E-state index contributed by atoms with van der Waals surface area (Å²) < 4.78 is 4.95. The number of hydrogen-bond donors (Lipinski definition) is 1. The van der Waals surface area contributed by atoms with Gasteiger partial charge in [-0.2, -0.15) is 0 Å². The maximum atomic E-state index is 5.11. The summed E-state index contributed by atoms with van der Waals surface area (Å²) in [5.41, 5.74) is 9.14. The van der Waals surface area contributed by atoms with Gasteiger partial charge in [0.05, 0.1) is 16.7 Å². The highest BCUT2D eigenvalue weighted by Gasteiger charge is 2.22. The average Bonchev–Trinajstić information content (AvgIpc) is 3.74. The van der Waals surface area contributed by atoms with Crippen molar-refractivity contribution in [3.05, 3.63) is 187 Å². The van der Waals surface area contributed by atoms with Crippen LogP contribution in [0, 0.1) is 0 Å². The molecule has 236 valence electrons. The lowest BCUT2D eigenvalue weighted by Gasteiger charge is -2.23. The highest BCUT2D eigenvalue weighted by atomic mass is 32.1. The summed E-state index contributed by atoms with van der Waals surface area (Å²) in [6, 6.07) is 60.3. The molecule has 1 N–H and O–H groups in total. The van der Waals surface area contributed by atoms with Gasteiger partial charge in [-0.25, -0.2) is 9.98 Å². The lowest BCUT2D eigenvalue weighted by atomic mass is 10.0. The Bertz CT molecular complexity index is 2780. The number of hydrogen-bond acceptors (Lipinski definition) is 4. The minimum atomic E-state index is -0.247. The van der Waals surface area contributed by atoms with E-state index >= 15 is 0 Å². The van der Waals surface area contributed by atoms with Crippen molar-refractivity contribution in [3.8, 4) is 16.8 Å². The standard InChI is InChI=1S/C45H30N4S/c1-4-13-29(14-5-1)32-23-25-38-35(27-32)34-19-10-11-20-37(34)49(38)39-21-12-22-41-42(39)36-28-33(24-26-40(36)50-41)45-47-43(30-15-6-2-7-16-30)46-44(48-45)31-17-8-3-9-18-31/h1-28,43H,(H,46,47,48). The molecule has 0 radical (unpaired) electrons. The van der Waals surface area contributed by atoms with Crippen LogP contribution in [-0.2, 0) is 0 Å².